The number of hydrogen-bond acceptors (Lipinski definition) is 4. The lowest BCUT2D eigenvalue weighted by Crippen LogP contribution is -2.33. The quantitative estimate of drug-likeness (QED) is 0.474. The summed E-state index contributed by atoms with van der Waals surface area (Å²) in [6.07, 6.45) is 5.03. The molecule has 4 rings (SSSR count). The smallest absolute Gasteiger partial charge is 0.337 e. The van der Waals surface area contributed by atoms with Crippen LogP contribution in [0, 0.1) is 23.7 Å². The molecule has 2 fully saturated rings. The number of carbonyl (C=O) groups excluding carboxylic acids is 3. The van der Waals surface area contributed by atoms with Crippen LogP contribution < -0.4 is 4.90 Å². The maximum Gasteiger partial charge on any atom is 0.337 e. The zero-order chi connectivity index (χ0) is 15.4. The fraction of sp³-hybridized carbons (Fsp3) is 0.353. The summed E-state index contributed by atoms with van der Waals surface area (Å²) in [6, 6.07) is 6.48. The predicted molar refractivity (Wildman–Crippen MR) is 78.0 cm³/mol. The van der Waals surface area contributed by atoms with Gasteiger partial charge in [0, 0.05) is 0 Å². The van der Waals surface area contributed by atoms with Gasteiger partial charge >= 0.3 is 5.97 Å². The molecule has 3 aliphatic rings. The van der Waals surface area contributed by atoms with E-state index in [1.807, 2.05) is 0 Å². The van der Waals surface area contributed by atoms with E-state index in [9.17, 15) is 14.4 Å². The normalized spacial score (nSPS) is 31.8. The molecule has 0 aromatic heterocycles. The van der Waals surface area contributed by atoms with Crippen molar-refractivity contribution in [3.05, 3.63) is 42.0 Å². The fourth-order valence-electron chi connectivity index (χ4n) is 4.05. The summed E-state index contributed by atoms with van der Waals surface area (Å²) in [6.45, 7) is 0. The van der Waals surface area contributed by atoms with Crippen LogP contribution in [0.5, 0.6) is 0 Å². The predicted octanol–water partition coefficient (Wildman–Crippen LogP) is 1.78. The molecule has 5 nitrogen and oxygen atoms in total. The Morgan fingerprint density at radius 2 is 1.77 bits per heavy atom. The second-order valence-corrected chi connectivity index (χ2v) is 6.05. The first-order valence-corrected chi connectivity index (χ1v) is 7.36. The second kappa shape index (κ2) is 4.53. The highest BCUT2D eigenvalue weighted by Crippen LogP contribution is 2.53. The number of imide groups is 1. The Bertz CT molecular complexity index is 693. The summed E-state index contributed by atoms with van der Waals surface area (Å²) in [7, 11) is 1.30. The molecule has 0 N–H and O–H groups in total. The number of anilines is 1. The van der Waals surface area contributed by atoms with Gasteiger partial charge in [0.05, 0.1) is 30.2 Å². The van der Waals surface area contributed by atoms with E-state index < -0.39 is 5.97 Å². The third kappa shape index (κ3) is 1.62. The highest BCUT2D eigenvalue weighted by atomic mass is 16.5. The number of hydrogen-bond donors (Lipinski definition) is 0. The van der Waals surface area contributed by atoms with Crippen molar-refractivity contribution in [3.63, 3.8) is 0 Å². The maximum atomic E-state index is 12.7. The zero-order valence-electron chi connectivity index (χ0n) is 12.1. The van der Waals surface area contributed by atoms with Gasteiger partial charge in [-0.15, -0.1) is 0 Å². The Labute approximate surface area is 127 Å². The molecule has 1 aromatic rings. The number of fused-ring (bicyclic) bond motifs is 5. The van der Waals surface area contributed by atoms with E-state index in [4.69, 9.17) is 0 Å². The first-order valence-electron chi connectivity index (χ1n) is 7.36. The molecule has 1 saturated heterocycles. The van der Waals surface area contributed by atoms with Gasteiger partial charge in [0.25, 0.3) is 0 Å². The highest BCUT2D eigenvalue weighted by Gasteiger charge is 2.59. The summed E-state index contributed by atoms with van der Waals surface area (Å²) in [5.74, 6) is -0.875. The van der Waals surface area contributed by atoms with E-state index in [0.29, 0.717) is 11.3 Å². The van der Waals surface area contributed by atoms with Crippen molar-refractivity contribution in [2.24, 2.45) is 23.7 Å². The van der Waals surface area contributed by atoms with Crippen LogP contribution in [-0.2, 0) is 14.3 Å². The third-order valence-corrected chi connectivity index (χ3v) is 5.00. The van der Waals surface area contributed by atoms with E-state index in [0.717, 1.165) is 6.42 Å². The highest BCUT2D eigenvalue weighted by molar-refractivity contribution is 6.23. The average molecular weight is 297 g/mol. The topological polar surface area (TPSA) is 63.7 Å². The molecular formula is C17H15NO4. The number of methoxy groups -OCH3 is 1. The van der Waals surface area contributed by atoms with E-state index in [-0.39, 0.29) is 35.5 Å². The minimum atomic E-state index is -0.483. The lowest BCUT2D eigenvalue weighted by Gasteiger charge is -2.17. The largest absolute Gasteiger partial charge is 0.465 e. The molecule has 2 amide bonds. The van der Waals surface area contributed by atoms with Crippen LogP contribution in [0.3, 0.4) is 0 Å². The third-order valence-electron chi connectivity index (χ3n) is 5.00. The molecule has 2 aliphatic carbocycles. The van der Waals surface area contributed by atoms with Crippen LogP contribution in [-0.4, -0.2) is 24.9 Å². The first kappa shape index (κ1) is 13.2. The Hall–Kier alpha value is -2.43. The van der Waals surface area contributed by atoms with Gasteiger partial charge in [-0.3, -0.25) is 9.59 Å². The van der Waals surface area contributed by atoms with Crippen molar-refractivity contribution in [2.45, 2.75) is 6.42 Å². The number of amides is 2. The Morgan fingerprint density at radius 3 is 2.36 bits per heavy atom. The number of rotatable bonds is 2. The molecular weight excluding hydrogens is 282 g/mol. The van der Waals surface area contributed by atoms with Crippen molar-refractivity contribution < 1.29 is 19.1 Å². The van der Waals surface area contributed by atoms with Crippen LogP contribution in [0.15, 0.2) is 36.4 Å². The summed E-state index contributed by atoms with van der Waals surface area (Å²) >= 11 is 0. The number of ether oxygens (including phenoxy) is 1. The average Bonchev–Trinajstić information content (AvgIpc) is 3.21. The molecule has 2 bridgehead atoms. The Morgan fingerprint density at radius 1 is 1.14 bits per heavy atom. The Kier molecular flexibility index (Phi) is 2.73. The zero-order valence-corrected chi connectivity index (χ0v) is 12.1. The lowest BCUT2D eigenvalue weighted by atomic mass is 9.85. The van der Waals surface area contributed by atoms with E-state index in [1.165, 1.54) is 18.1 Å². The maximum absolute atomic E-state index is 12.7. The molecule has 0 unspecified atom stereocenters. The van der Waals surface area contributed by atoms with Crippen LogP contribution in [0.2, 0.25) is 0 Å². The van der Waals surface area contributed by atoms with E-state index in [2.05, 4.69) is 16.9 Å². The van der Waals surface area contributed by atoms with Gasteiger partial charge < -0.3 is 4.74 Å². The molecule has 22 heavy (non-hydrogen) atoms. The molecule has 0 spiro atoms. The summed E-state index contributed by atoms with van der Waals surface area (Å²) in [5, 5.41) is 0. The van der Waals surface area contributed by atoms with Gasteiger partial charge in [0.1, 0.15) is 0 Å². The van der Waals surface area contributed by atoms with Crippen molar-refractivity contribution in [1.82, 2.24) is 0 Å². The molecule has 1 saturated carbocycles. The van der Waals surface area contributed by atoms with Crippen LogP contribution >= 0.6 is 0 Å². The molecule has 1 aromatic carbocycles. The van der Waals surface area contributed by atoms with Crippen LogP contribution in [0.4, 0.5) is 5.69 Å². The molecule has 1 heterocycles. The van der Waals surface area contributed by atoms with Gasteiger partial charge in [-0.05, 0) is 36.5 Å². The number of carbonyl (C=O) groups is 3. The first-order chi connectivity index (χ1) is 10.6. The fourth-order valence-corrected chi connectivity index (χ4v) is 4.05. The lowest BCUT2D eigenvalue weighted by molar-refractivity contribution is -0.123. The molecule has 5 heteroatoms. The SMILES string of the molecule is COC(=O)c1cccc(N2C(=O)[C@@H]3[C@H](C2=O)[C@H]2C=C[C@H]3C2)c1. The van der Waals surface area contributed by atoms with Gasteiger partial charge in [0.2, 0.25) is 11.8 Å². The summed E-state index contributed by atoms with van der Waals surface area (Å²) < 4.78 is 4.69. The number of nitrogens with zero attached hydrogens (tertiary/aromatic N) is 1. The van der Waals surface area contributed by atoms with Gasteiger partial charge in [-0.25, -0.2) is 9.69 Å². The molecule has 4 atom stereocenters. The van der Waals surface area contributed by atoms with E-state index >= 15 is 0 Å². The van der Waals surface area contributed by atoms with Gasteiger partial charge in [0.15, 0.2) is 0 Å². The second-order valence-electron chi connectivity index (χ2n) is 6.05. The monoisotopic (exact) mass is 297 g/mol. The van der Waals surface area contributed by atoms with Gasteiger partial charge in [-0.2, -0.15) is 0 Å². The molecule has 112 valence electrons. The van der Waals surface area contributed by atoms with E-state index in [1.54, 1.807) is 18.2 Å². The number of esters is 1. The number of allylic oxidation sites excluding steroid dienone is 2. The van der Waals surface area contributed by atoms with Gasteiger partial charge in [-0.1, -0.05) is 18.2 Å². The molecule has 0 radical (unpaired) electrons. The standard InChI is InChI=1S/C17H15NO4/c1-22-17(21)11-3-2-4-12(8-11)18-15(19)13-9-5-6-10(7-9)14(13)16(18)20/h2-6,8-10,13-14H,7H2,1H3/t9-,10-,13-,14+/m0/s1. The van der Waals surface area contributed by atoms with Crippen molar-refractivity contribution >= 4 is 23.5 Å². The van der Waals surface area contributed by atoms with Crippen molar-refractivity contribution in [2.75, 3.05) is 12.0 Å². The van der Waals surface area contributed by atoms with Crippen molar-refractivity contribution in [3.8, 4) is 0 Å². The van der Waals surface area contributed by atoms with Crippen LogP contribution in [0.1, 0.15) is 16.8 Å². The minimum absolute atomic E-state index is 0.145. The van der Waals surface area contributed by atoms with Crippen LogP contribution in [0.25, 0.3) is 0 Å². The summed E-state index contributed by atoms with van der Waals surface area (Å²) in [5.41, 5.74) is 0.783. The number of benzene rings is 1. The Balaban J connectivity index is 1.71. The molecule has 1 aliphatic heterocycles. The minimum Gasteiger partial charge on any atom is -0.465 e. The summed E-state index contributed by atoms with van der Waals surface area (Å²) in [4.78, 5) is 38.3. The van der Waals surface area contributed by atoms with Crippen molar-refractivity contribution in [1.29, 1.82) is 0 Å².